The van der Waals surface area contributed by atoms with Crippen LogP contribution in [0, 0.1) is 0 Å². The molecule has 0 saturated heterocycles. The maximum atomic E-state index is 10.7. The molecule has 0 bridgehead atoms. The third-order valence-electron chi connectivity index (χ3n) is 1.50. The Bertz CT molecular complexity index is 300. The molecule has 0 spiro atoms. The van der Waals surface area contributed by atoms with Crippen molar-refractivity contribution in [2.24, 2.45) is 5.73 Å². The molecule has 0 aliphatic heterocycles. The first-order valence-electron chi connectivity index (χ1n) is 3.37. The summed E-state index contributed by atoms with van der Waals surface area (Å²) < 4.78 is 10.7. The Morgan fingerprint density at radius 3 is 2.08 bits per heavy atom. The minimum atomic E-state index is -4.20. The fourth-order valence-electron chi connectivity index (χ4n) is 0.844. The summed E-state index contributed by atoms with van der Waals surface area (Å²) in [6.07, 6.45) is 0. The molecule has 1 rings (SSSR count). The first-order valence-corrected chi connectivity index (χ1v) is 5.06. The van der Waals surface area contributed by atoms with Gasteiger partial charge >= 0.3 is 7.60 Å². The van der Waals surface area contributed by atoms with Gasteiger partial charge in [0.2, 0.25) is 0 Å². The normalized spacial score (nSPS) is 13.2. The molecule has 0 amide bonds. The average Bonchev–Trinajstić information content (AvgIpc) is 2.03. The Kier molecular flexibility index (Phi) is 4.61. The molecule has 0 fully saturated rings. The minimum absolute atomic E-state index is 0. The molecule has 0 aliphatic carbocycles. The van der Waals surface area contributed by atoms with Gasteiger partial charge in [-0.05, 0) is 5.56 Å². The van der Waals surface area contributed by atoms with E-state index in [1.54, 1.807) is 30.3 Å². The van der Waals surface area contributed by atoms with Crippen molar-refractivity contribution in [3.63, 3.8) is 0 Å². The van der Waals surface area contributed by atoms with Gasteiger partial charge in [0, 0.05) is 0 Å². The van der Waals surface area contributed by atoms with Crippen LogP contribution >= 0.6 is 20.0 Å². The van der Waals surface area contributed by atoms with Gasteiger partial charge in [-0.25, -0.2) is 0 Å². The van der Waals surface area contributed by atoms with E-state index in [2.05, 4.69) is 0 Å². The topological polar surface area (TPSA) is 83.6 Å². The maximum Gasteiger partial charge on any atom is 0.346 e. The quantitative estimate of drug-likeness (QED) is 0.659. The maximum absolute atomic E-state index is 10.7. The molecule has 0 radical (unpaired) electrons. The van der Waals surface area contributed by atoms with Crippen molar-refractivity contribution in [1.29, 1.82) is 0 Å². The molecule has 0 unspecified atom stereocenters. The highest BCUT2D eigenvalue weighted by Crippen LogP contribution is 2.47. The van der Waals surface area contributed by atoms with Crippen LogP contribution in [0.4, 0.5) is 0 Å². The second-order valence-electron chi connectivity index (χ2n) is 2.44. The fraction of sp³-hybridized carbons (Fsp3) is 0.143. The highest BCUT2D eigenvalue weighted by molar-refractivity contribution is 7.52. The SMILES string of the molecule is Cl.N[C@@H](c1ccccc1)P(=O)(O)O. The third-order valence-corrected chi connectivity index (χ3v) is 2.53. The Balaban J connectivity index is 0.00000144. The van der Waals surface area contributed by atoms with E-state index in [1.165, 1.54) is 0 Å². The lowest BCUT2D eigenvalue weighted by molar-refractivity contribution is 0.359. The second kappa shape index (κ2) is 4.74. The second-order valence-corrected chi connectivity index (χ2v) is 4.18. The summed E-state index contributed by atoms with van der Waals surface area (Å²) >= 11 is 0. The summed E-state index contributed by atoms with van der Waals surface area (Å²) in [7, 11) is -4.20. The van der Waals surface area contributed by atoms with Crippen molar-refractivity contribution in [1.82, 2.24) is 0 Å². The molecule has 4 nitrogen and oxygen atoms in total. The van der Waals surface area contributed by atoms with Crippen molar-refractivity contribution >= 4 is 20.0 Å². The van der Waals surface area contributed by atoms with E-state index in [0.29, 0.717) is 5.56 Å². The summed E-state index contributed by atoms with van der Waals surface area (Å²) in [5, 5.41) is 0. The zero-order valence-corrected chi connectivity index (χ0v) is 8.41. The predicted molar refractivity (Wildman–Crippen MR) is 52.7 cm³/mol. The van der Waals surface area contributed by atoms with Gasteiger partial charge in [0.15, 0.2) is 0 Å². The van der Waals surface area contributed by atoms with Gasteiger partial charge in [-0.2, -0.15) is 0 Å². The van der Waals surface area contributed by atoms with Crippen molar-refractivity contribution in [2.45, 2.75) is 5.78 Å². The zero-order valence-electron chi connectivity index (χ0n) is 6.70. The standard InChI is InChI=1S/C7H10NO3P.ClH/c8-7(12(9,10)11)6-4-2-1-3-5-6;/h1-5,7H,8H2,(H2,9,10,11);1H/t7-;/m1./s1. The highest BCUT2D eigenvalue weighted by Gasteiger charge is 2.25. The number of halogens is 1. The van der Waals surface area contributed by atoms with Crippen molar-refractivity contribution in [3.05, 3.63) is 35.9 Å². The van der Waals surface area contributed by atoms with E-state index in [1.807, 2.05) is 0 Å². The van der Waals surface area contributed by atoms with E-state index >= 15 is 0 Å². The van der Waals surface area contributed by atoms with Crippen LogP contribution in [0.1, 0.15) is 11.3 Å². The number of hydrogen-bond donors (Lipinski definition) is 3. The lowest BCUT2D eigenvalue weighted by Crippen LogP contribution is -2.10. The summed E-state index contributed by atoms with van der Waals surface area (Å²) in [6, 6.07) is 8.30. The van der Waals surface area contributed by atoms with E-state index in [-0.39, 0.29) is 12.4 Å². The van der Waals surface area contributed by atoms with Crippen LogP contribution in [-0.4, -0.2) is 9.79 Å². The largest absolute Gasteiger partial charge is 0.346 e. The number of benzene rings is 1. The lowest BCUT2D eigenvalue weighted by Gasteiger charge is -2.12. The molecule has 0 saturated carbocycles. The molecule has 4 N–H and O–H groups in total. The fourth-order valence-corrected chi connectivity index (χ4v) is 1.40. The van der Waals surface area contributed by atoms with Gasteiger partial charge in [0.25, 0.3) is 0 Å². The van der Waals surface area contributed by atoms with Crippen molar-refractivity contribution in [3.8, 4) is 0 Å². The van der Waals surface area contributed by atoms with Crippen molar-refractivity contribution < 1.29 is 14.4 Å². The number of hydrogen-bond acceptors (Lipinski definition) is 2. The summed E-state index contributed by atoms with van der Waals surface area (Å²) in [5.74, 6) is -1.21. The van der Waals surface area contributed by atoms with Crippen LogP contribution in [0.15, 0.2) is 30.3 Å². The average molecular weight is 224 g/mol. The van der Waals surface area contributed by atoms with Gasteiger partial charge in [-0.3, -0.25) is 4.57 Å². The zero-order chi connectivity index (χ0) is 9.19. The molecule has 0 aromatic heterocycles. The van der Waals surface area contributed by atoms with Gasteiger partial charge in [0.1, 0.15) is 5.78 Å². The molecular weight excluding hydrogens is 213 g/mol. The lowest BCUT2D eigenvalue weighted by atomic mass is 10.2. The van der Waals surface area contributed by atoms with Crippen LogP contribution in [0.2, 0.25) is 0 Å². The summed E-state index contributed by atoms with van der Waals surface area (Å²) in [5.41, 5.74) is 5.76. The predicted octanol–water partition coefficient (Wildman–Crippen LogP) is 1.24. The molecule has 0 aliphatic rings. The van der Waals surface area contributed by atoms with Gasteiger partial charge in [0.05, 0.1) is 0 Å². The van der Waals surface area contributed by atoms with Crippen LogP contribution < -0.4 is 5.73 Å². The Morgan fingerprint density at radius 2 is 1.69 bits per heavy atom. The van der Waals surface area contributed by atoms with Gasteiger partial charge < -0.3 is 15.5 Å². The smallest absolute Gasteiger partial charge is 0.323 e. The number of rotatable bonds is 2. The van der Waals surface area contributed by atoms with E-state index in [9.17, 15) is 4.57 Å². The summed E-state index contributed by atoms with van der Waals surface area (Å²) in [6.45, 7) is 0. The van der Waals surface area contributed by atoms with Gasteiger partial charge in [-0.1, -0.05) is 30.3 Å². The molecule has 6 heteroatoms. The van der Waals surface area contributed by atoms with E-state index in [4.69, 9.17) is 15.5 Å². The highest BCUT2D eigenvalue weighted by atomic mass is 35.5. The molecule has 74 valence electrons. The monoisotopic (exact) mass is 223 g/mol. The van der Waals surface area contributed by atoms with Gasteiger partial charge in [-0.15, -0.1) is 12.4 Å². The van der Waals surface area contributed by atoms with Crippen LogP contribution in [-0.2, 0) is 4.57 Å². The van der Waals surface area contributed by atoms with E-state index in [0.717, 1.165) is 0 Å². The number of nitrogens with two attached hydrogens (primary N) is 1. The van der Waals surface area contributed by atoms with Crippen LogP contribution in [0.5, 0.6) is 0 Å². The van der Waals surface area contributed by atoms with Crippen LogP contribution in [0.3, 0.4) is 0 Å². The summed E-state index contributed by atoms with van der Waals surface area (Å²) in [4.78, 5) is 17.5. The third kappa shape index (κ3) is 3.46. The minimum Gasteiger partial charge on any atom is -0.323 e. The first-order chi connectivity index (χ1) is 5.52. The van der Waals surface area contributed by atoms with Crippen molar-refractivity contribution in [2.75, 3.05) is 0 Å². The molecule has 1 aromatic carbocycles. The Hall–Kier alpha value is -0.380. The molecule has 1 aromatic rings. The van der Waals surface area contributed by atoms with E-state index < -0.39 is 13.4 Å². The molecular formula is C7H11ClNO3P. The first kappa shape index (κ1) is 12.6. The molecule has 13 heavy (non-hydrogen) atoms. The molecule has 1 atom stereocenters. The molecule has 0 heterocycles. The van der Waals surface area contributed by atoms with Crippen LogP contribution in [0.25, 0.3) is 0 Å². The Labute approximate surface area is 82.3 Å². The Morgan fingerprint density at radius 1 is 1.23 bits per heavy atom.